The molecule has 0 aromatic carbocycles. The van der Waals surface area contributed by atoms with Crippen LogP contribution in [-0.2, 0) is 9.47 Å². The first kappa shape index (κ1) is 14.4. The van der Waals surface area contributed by atoms with Crippen LogP contribution in [0.4, 0.5) is 0 Å². The van der Waals surface area contributed by atoms with Crippen LogP contribution in [0.25, 0.3) is 0 Å². The summed E-state index contributed by atoms with van der Waals surface area (Å²) in [4.78, 5) is 0. The SMILES string of the molecule is C=CCOC(CC(O)CCC)OCC=C. The molecule has 0 radical (unpaired) electrons. The predicted molar refractivity (Wildman–Crippen MR) is 61.6 cm³/mol. The summed E-state index contributed by atoms with van der Waals surface area (Å²) >= 11 is 0. The van der Waals surface area contributed by atoms with E-state index in [0.717, 1.165) is 12.8 Å². The molecule has 0 aliphatic carbocycles. The molecule has 3 nitrogen and oxygen atoms in total. The molecule has 1 atom stereocenters. The highest BCUT2D eigenvalue weighted by Gasteiger charge is 2.14. The highest BCUT2D eigenvalue weighted by Crippen LogP contribution is 2.09. The highest BCUT2D eigenvalue weighted by molar-refractivity contribution is 4.68. The molecular formula is C12H22O3. The zero-order chi connectivity index (χ0) is 11.5. The molecule has 0 heterocycles. The molecule has 88 valence electrons. The predicted octanol–water partition coefficient (Wildman–Crippen LogP) is 2.27. The Morgan fingerprint density at radius 1 is 1.20 bits per heavy atom. The Morgan fingerprint density at radius 3 is 2.13 bits per heavy atom. The van der Waals surface area contributed by atoms with Gasteiger partial charge in [0, 0.05) is 6.42 Å². The molecule has 0 bridgehead atoms. The molecule has 1 N–H and O–H groups in total. The van der Waals surface area contributed by atoms with Crippen molar-refractivity contribution in [1.29, 1.82) is 0 Å². The average Bonchev–Trinajstić information content (AvgIpc) is 2.22. The maximum atomic E-state index is 9.61. The molecule has 0 spiro atoms. The third-order valence-corrected chi connectivity index (χ3v) is 1.89. The Balaban J connectivity index is 3.86. The van der Waals surface area contributed by atoms with Crippen molar-refractivity contribution in [1.82, 2.24) is 0 Å². The van der Waals surface area contributed by atoms with Crippen molar-refractivity contribution in [2.45, 2.75) is 38.6 Å². The van der Waals surface area contributed by atoms with Crippen LogP contribution in [0.3, 0.4) is 0 Å². The maximum absolute atomic E-state index is 9.61. The first-order valence-corrected chi connectivity index (χ1v) is 5.37. The zero-order valence-corrected chi connectivity index (χ0v) is 9.52. The van der Waals surface area contributed by atoms with Crippen molar-refractivity contribution in [2.75, 3.05) is 13.2 Å². The summed E-state index contributed by atoms with van der Waals surface area (Å²) in [5.41, 5.74) is 0. The quantitative estimate of drug-likeness (QED) is 0.448. The summed E-state index contributed by atoms with van der Waals surface area (Å²) in [6, 6.07) is 0. The summed E-state index contributed by atoms with van der Waals surface area (Å²) < 4.78 is 10.7. The third kappa shape index (κ3) is 8.36. The number of aliphatic hydroxyl groups is 1. The van der Waals surface area contributed by atoms with Gasteiger partial charge in [-0.25, -0.2) is 0 Å². The van der Waals surface area contributed by atoms with E-state index in [4.69, 9.17) is 9.47 Å². The van der Waals surface area contributed by atoms with Gasteiger partial charge in [0.25, 0.3) is 0 Å². The molecule has 0 aromatic rings. The van der Waals surface area contributed by atoms with Gasteiger partial charge in [0.15, 0.2) is 6.29 Å². The van der Waals surface area contributed by atoms with E-state index in [9.17, 15) is 5.11 Å². The van der Waals surface area contributed by atoms with E-state index in [2.05, 4.69) is 13.2 Å². The van der Waals surface area contributed by atoms with Crippen molar-refractivity contribution in [3.05, 3.63) is 25.3 Å². The first-order valence-electron chi connectivity index (χ1n) is 5.37. The van der Waals surface area contributed by atoms with E-state index < -0.39 is 0 Å². The number of aliphatic hydroxyl groups excluding tert-OH is 1. The summed E-state index contributed by atoms with van der Waals surface area (Å²) in [7, 11) is 0. The third-order valence-electron chi connectivity index (χ3n) is 1.89. The number of hydrogen-bond donors (Lipinski definition) is 1. The van der Waals surface area contributed by atoms with Gasteiger partial charge in [-0.2, -0.15) is 0 Å². The molecule has 0 saturated heterocycles. The van der Waals surface area contributed by atoms with Crippen LogP contribution in [0.15, 0.2) is 25.3 Å². The molecule has 3 heteroatoms. The van der Waals surface area contributed by atoms with Crippen LogP contribution in [0.2, 0.25) is 0 Å². The van der Waals surface area contributed by atoms with Gasteiger partial charge in [-0.1, -0.05) is 25.5 Å². The van der Waals surface area contributed by atoms with Crippen LogP contribution >= 0.6 is 0 Å². The second-order valence-corrected chi connectivity index (χ2v) is 3.35. The van der Waals surface area contributed by atoms with E-state index >= 15 is 0 Å². The van der Waals surface area contributed by atoms with Crippen molar-refractivity contribution >= 4 is 0 Å². The van der Waals surface area contributed by atoms with Gasteiger partial charge in [-0.15, -0.1) is 13.2 Å². The summed E-state index contributed by atoms with van der Waals surface area (Å²) in [5.74, 6) is 0. The van der Waals surface area contributed by atoms with Crippen molar-refractivity contribution < 1.29 is 14.6 Å². The van der Waals surface area contributed by atoms with Crippen LogP contribution in [-0.4, -0.2) is 30.7 Å². The van der Waals surface area contributed by atoms with Crippen molar-refractivity contribution in [2.24, 2.45) is 0 Å². The van der Waals surface area contributed by atoms with E-state index in [1.54, 1.807) is 12.2 Å². The average molecular weight is 214 g/mol. The van der Waals surface area contributed by atoms with E-state index in [1.165, 1.54) is 0 Å². The van der Waals surface area contributed by atoms with Crippen molar-refractivity contribution in [3.8, 4) is 0 Å². The summed E-state index contributed by atoms with van der Waals surface area (Å²) in [6.07, 6.45) is 4.81. The standard InChI is InChI=1S/C12H22O3/c1-4-7-11(13)10-12(14-8-5-2)15-9-6-3/h5-6,11-13H,2-4,7-10H2,1H3. The van der Waals surface area contributed by atoms with E-state index in [0.29, 0.717) is 19.6 Å². The fourth-order valence-electron chi connectivity index (χ4n) is 1.21. The number of ether oxygens (including phenoxy) is 2. The van der Waals surface area contributed by atoms with Gasteiger partial charge in [0.05, 0.1) is 19.3 Å². The molecule has 15 heavy (non-hydrogen) atoms. The van der Waals surface area contributed by atoms with Crippen LogP contribution < -0.4 is 0 Å². The molecule has 0 fully saturated rings. The molecule has 0 amide bonds. The van der Waals surface area contributed by atoms with Gasteiger partial charge in [-0.3, -0.25) is 0 Å². The lowest BCUT2D eigenvalue weighted by molar-refractivity contribution is -0.144. The van der Waals surface area contributed by atoms with Gasteiger partial charge in [-0.05, 0) is 6.42 Å². The lowest BCUT2D eigenvalue weighted by Crippen LogP contribution is -2.24. The largest absolute Gasteiger partial charge is 0.393 e. The van der Waals surface area contributed by atoms with Gasteiger partial charge < -0.3 is 14.6 Å². The summed E-state index contributed by atoms with van der Waals surface area (Å²) in [6.45, 7) is 10.0. The molecule has 0 rings (SSSR count). The Kier molecular flexibility index (Phi) is 9.48. The Hall–Kier alpha value is -0.640. The lowest BCUT2D eigenvalue weighted by atomic mass is 10.1. The molecular weight excluding hydrogens is 192 g/mol. The normalized spacial score (nSPS) is 12.7. The number of rotatable bonds is 10. The Bertz CT molecular complexity index is 156. The number of hydrogen-bond acceptors (Lipinski definition) is 3. The van der Waals surface area contributed by atoms with E-state index in [1.807, 2.05) is 6.92 Å². The minimum Gasteiger partial charge on any atom is -0.393 e. The molecule has 0 aromatic heterocycles. The minimum atomic E-state index is -0.373. The van der Waals surface area contributed by atoms with Gasteiger partial charge >= 0.3 is 0 Å². The topological polar surface area (TPSA) is 38.7 Å². The fraction of sp³-hybridized carbons (Fsp3) is 0.667. The molecule has 0 saturated carbocycles. The van der Waals surface area contributed by atoms with E-state index in [-0.39, 0.29) is 12.4 Å². The van der Waals surface area contributed by atoms with Crippen LogP contribution in [0.5, 0.6) is 0 Å². The maximum Gasteiger partial charge on any atom is 0.160 e. The Morgan fingerprint density at radius 2 is 1.73 bits per heavy atom. The minimum absolute atomic E-state index is 0.366. The molecule has 0 aliphatic rings. The smallest absolute Gasteiger partial charge is 0.160 e. The lowest BCUT2D eigenvalue weighted by Gasteiger charge is -2.19. The summed E-state index contributed by atoms with van der Waals surface area (Å²) in [5, 5.41) is 9.61. The zero-order valence-electron chi connectivity index (χ0n) is 9.52. The Labute approximate surface area is 92.4 Å². The second-order valence-electron chi connectivity index (χ2n) is 3.35. The molecule has 0 aliphatic heterocycles. The van der Waals surface area contributed by atoms with Gasteiger partial charge in [0.2, 0.25) is 0 Å². The van der Waals surface area contributed by atoms with Gasteiger partial charge in [0.1, 0.15) is 0 Å². The van der Waals surface area contributed by atoms with Crippen molar-refractivity contribution in [3.63, 3.8) is 0 Å². The first-order chi connectivity index (χ1) is 7.24. The fourth-order valence-corrected chi connectivity index (χ4v) is 1.21. The van der Waals surface area contributed by atoms with Crippen LogP contribution in [0, 0.1) is 0 Å². The molecule has 1 unspecified atom stereocenters. The second kappa shape index (κ2) is 9.90. The monoisotopic (exact) mass is 214 g/mol. The highest BCUT2D eigenvalue weighted by atomic mass is 16.7. The van der Waals surface area contributed by atoms with Crippen LogP contribution in [0.1, 0.15) is 26.2 Å².